The molecule has 0 spiro atoms. The lowest BCUT2D eigenvalue weighted by Crippen LogP contribution is -1.97. The van der Waals surface area contributed by atoms with Crippen LogP contribution in [0.3, 0.4) is 0 Å². The molecule has 0 radical (unpaired) electrons. The smallest absolute Gasteiger partial charge is 0.260 e. The molecule has 4 nitrogen and oxygen atoms in total. The zero-order valence-corrected chi connectivity index (χ0v) is 10.6. The van der Waals surface area contributed by atoms with Gasteiger partial charge in [0.2, 0.25) is 0 Å². The summed E-state index contributed by atoms with van der Waals surface area (Å²) in [5, 5.41) is 0.586. The van der Waals surface area contributed by atoms with E-state index in [9.17, 15) is 0 Å². The Morgan fingerprint density at radius 2 is 2.29 bits per heavy atom. The quantitative estimate of drug-likeness (QED) is 0.845. The van der Waals surface area contributed by atoms with E-state index >= 15 is 0 Å². The molecule has 0 atom stereocenters. The van der Waals surface area contributed by atoms with Gasteiger partial charge in [-0.2, -0.15) is 0 Å². The fourth-order valence-electron chi connectivity index (χ4n) is 1.37. The predicted molar refractivity (Wildman–Crippen MR) is 67.4 cm³/mol. The van der Waals surface area contributed by atoms with Crippen LogP contribution in [0.25, 0.3) is 0 Å². The third kappa shape index (κ3) is 2.74. The van der Waals surface area contributed by atoms with E-state index in [-0.39, 0.29) is 0 Å². The zero-order chi connectivity index (χ0) is 12.3. The molecule has 0 unspecified atom stereocenters. The number of aryl methyl sites for hydroxylation is 1. The van der Waals surface area contributed by atoms with Crippen molar-refractivity contribution in [3.05, 3.63) is 30.2 Å². The van der Waals surface area contributed by atoms with Gasteiger partial charge < -0.3 is 14.9 Å². The second kappa shape index (κ2) is 5.14. The summed E-state index contributed by atoms with van der Waals surface area (Å²) < 4.78 is 10.7. The number of nitrogens with zero attached hydrogens (tertiary/aromatic N) is 1. The summed E-state index contributed by atoms with van der Waals surface area (Å²) in [4.78, 5) is 5.11. The maximum absolute atomic E-state index is 6.01. The van der Waals surface area contributed by atoms with Crippen molar-refractivity contribution in [2.24, 2.45) is 0 Å². The molecule has 0 aliphatic rings. The molecule has 90 valence electrons. The Kier molecular flexibility index (Phi) is 3.58. The number of hydrogen-bond acceptors (Lipinski definition) is 5. The first kappa shape index (κ1) is 11.9. The molecular weight excluding hydrogens is 236 g/mol. The molecule has 0 aliphatic heterocycles. The van der Waals surface area contributed by atoms with Gasteiger partial charge in [-0.3, -0.25) is 0 Å². The number of oxazole rings is 1. The minimum atomic E-state index is 0.586. The van der Waals surface area contributed by atoms with Gasteiger partial charge in [-0.05, 0) is 37.7 Å². The third-order valence-corrected chi connectivity index (χ3v) is 3.06. The average Bonchev–Trinajstić information content (AvgIpc) is 2.70. The highest BCUT2D eigenvalue weighted by Crippen LogP contribution is 2.36. The molecule has 2 N–H and O–H groups in total. The number of nitrogen functional groups attached to an aromatic ring is 1. The van der Waals surface area contributed by atoms with Crippen molar-refractivity contribution in [2.75, 3.05) is 12.3 Å². The number of para-hydroxylation sites is 1. The van der Waals surface area contributed by atoms with E-state index in [0.29, 0.717) is 23.3 Å². The second-order valence-electron chi connectivity index (χ2n) is 3.46. The van der Waals surface area contributed by atoms with Crippen molar-refractivity contribution in [2.45, 2.75) is 24.0 Å². The van der Waals surface area contributed by atoms with E-state index in [2.05, 4.69) is 4.98 Å². The Balaban J connectivity index is 2.23. The highest BCUT2D eigenvalue weighted by Gasteiger charge is 2.10. The fourth-order valence-corrected chi connectivity index (χ4v) is 2.20. The summed E-state index contributed by atoms with van der Waals surface area (Å²) in [5.74, 6) is 0.695. The Bertz CT molecular complexity index is 511. The maximum Gasteiger partial charge on any atom is 0.260 e. The van der Waals surface area contributed by atoms with Crippen LogP contribution in [0.15, 0.2) is 39.0 Å². The van der Waals surface area contributed by atoms with Crippen LogP contribution < -0.4 is 10.5 Å². The average molecular weight is 250 g/mol. The first-order chi connectivity index (χ1) is 8.20. The van der Waals surface area contributed by atoms with E-state index in [1.807, 2.05) is 32.0 Å². The van der Waals surface area contributed by atoms with Crippen molar-refractivity contribution < 1.29 is 9.15 Å². The standard InChI is InChI=1S/C12H14N2O2S/c1-3-15-9-5-4-6-10(11(9)13)17-12-14-8(2)7-16-12/h4-7H,3,13H2,1-2H3. The Hall–Kier alpha value is -1.62. The Morgan fingerprint density at radius 3 is 2.94 bits per heavy atom. The first-order valence-corrected chi connectivity index (χ1v) is 6.13. The molecule has 0 bridgehead atoms. The van der Waals surface area contributed by atoms with Crippen molar-refractivity contribution in [1.29, 1.82) is 0 Å². The van der Waals surface area contributed by atoms with Crippen molar-refractivity contribution in [3.8, 4) is 5.75 Å². The van der Waals surface area contributed by atoms with Gasteiger partial charge in [-0.25, -0.2) is 4.98 Å². The van der Waals surface area contributed by atoms with Gasteiger partial charge in [0.05, 0.1) is 18.0 Å². The van der Waals surface area contributed by atoms with Gasteiger partial charge in [-0.15, -0.1) is 0 Å². The Morgan fingerprint density at radius 1 is 1.47 bits per heavy atom. The normalized spacial score (nSPS) is 10.5. The number of ether oxygens (including phenoxy) is 1. The molecule has 0 amide bonds. The summed E-state index contributed by atoms with van der Waals surface area (Å²) in [5.41, 5.74) is 7.48. The van der Waals surface area contributed by atoms with E-state index in [1.165, 1.54) is 11.8 Å². The van der Waals surface area contributed by atoms with Crippen LogP contribution in [-0.4, -0.2) is 11.6 Å². The van der Waals surface area contributed by atoms with E-state index < -0.39 is 0 Å². The van der Waals surface area contributed by atoms with Gasteiger partial charge in [0.25, 0.3) is 5.22 Å². The van der Waals surface area contributed by atoms with Crippen LogP contribution in [0.2, 0.25) is 0 Å². The van der Waals surface area contributed by atoms with Crippen LogP contribution in [0.4, 0.5) is 5.69 Å². The van der Waals surface area contributed by atoms with Gasteiger partial charge in [0, 0.05) is 4.90 Å². The highest BCUT2D eigenvalue weighted by molar-refractivity contribution is 7.99. The molecule has 2 rings (SSSR count). The van der Waals surface area contributed by atoms with Gasteiger partial charge in [0.15, 0.2) is 0 Å². The lowest BCUT2D eigenvalue weighted by molar-refractivity contribution is 0.341. The van der Waals surface area contributed by atoms with Crippen molar-refractivity contribution >= 4 is 17.4 Å². The maximum atomic E-state index is 6.01. The zero-order valence-electron chi connectivity index (χ0n) is 9.77. The molecule has 1 aromatic carbocycles. The molecule has 0 aliphatic carbocycles. The van der Waals surface area contributed by atoms with Gasteiger partial charge in [0.1, 0.15) is 12.0 Å². The van der Waals surface area contributed by atoms with Crippen LogP contribution in [-0.2, 0) is 0 Å². The molecule has 1 heterocycles. The molecule has 0 saturated carbocycles. The van der Waals surface area contributed by atoms with Gasteiger partial charge >= 0.3 is 0 Å². The van der Waals surface area contributed by atoms with Crippen molar-refractivity contribution in [3.63, 3.8) is 0 Å². The number of rotatable bonds is 4. The summed E-state index contributed by atoms with van der Waals surface area (Å²) >= 11 is 1.39. The van der Waals surface area contributed by atoms with E-state index in [4.69, 9.17) is 14.9 Å². The molecule has 0 fully saturated rings. The second-order valence-corrected chi connectivity index (χ2v) is 4.45. The van der Waals surface area contributed by atoms with Crippen LogP contribution in [0.5, 0.6) is 5.75 Å². The predicted octanol–water partition coefficient (Wildman–Crippen LogP) is 3.12. The number of nitrogens with two attached hydrogens (primary N) is 1. The number of aromatic nitrogens is 1. The number of hydrogen-bond donors (Lipinski definition) is 1. The van der Waals surface area contributed by atoms with Crippen LogP contribution >= 0.6 is 11.8 Å². The SMILES string of the molecule is CCOc1cccc(Sc2nc(C)co2)c1N. The highest BCUT2D eigenvalue weighted by atomic mass is 32.2. The topological polar surface area (TPSA) is 61.3 Å². The number of benzene rings is 1. The fraction of sp³-hybridized carbons (Fsp3) is 0.250. The third-order valence-electron chi connectivity index (χ3n) is 2.12. The largest absolute Gasteiger partial charge is 0.492 e. The molecule has 5 heteroatoms. The molecule has 1 aromatic heterocycles. The number of anilines is 1. The van der Waals surface area contributed by atoms with Crippen LogP contribution in [0, 0.1) is 6.92 Å². The van der Waals surface area contributed by atoms with Gasteiger partial charge in [-0.1, -0.05) is 6.07 Å². The monoisotopic (exact) mass is 250 g/mol. The van der Waals surface area contributed by atoms with Crippen LogP contribution in [0.1, 0.15) is 12.6 Å². The Labute approximate surface area is 104 Å². The molecular formula is C12H14N2O2S. The first-order valence-electron chi connectivity index (χ1n) is 5.32. The summed E-state index contributed by atoms with van der Waals surface area (Å²) in [6.07, 6.45) is 1.62. The summed E-state index contributed by atoms with van der Waals surface area (Å²) in [7, 11) is 0. The molecule has 2 aromatic rings. The van der Waals surface area contributed by atoms with E-state index in [1.54, 1.807) is 6.26 Å². The van der Waals surface area contributed by atoms with E-state index in [0.717, 1.165) is 10.6 Å². The minimum Gasteiger partial charge on any atom is -0.492 e. The lowest BCUT2D eigenvalue weighted by atomic mass is 10.3. The lowest BCUT2D eigenvalue weighted by Gasteiger charge is -2.09. The minimum absolute atomic E-state index is 0.586. The molecule has 17 heavy (non-hydrogen) atoms. The molecule has 0 saturated heterocycles. The summed E-state index contributed by atoms with van der Waals surface area (Å²) in [6.45, 7) is 4.40. The summed E-state index contributed by atoms with van der Waals surface area (Å²) in [6, 6.07) is 5.67. The van der Waals surface area contributed by atoms with Crippen molar-refractivity contribution in [1.82, 2.24) is 4.98 Å².